The van der Waals surface area contributed by atoms with Crippen LogP contribution in [0.1, 0.15) is 28.8 Å². The molecule has 0 aliphatic heterocycles. The predicted octanol–water partition coefficient (Wildman–Crippen LogP) is 1.27. The molecule has 3 aromatic rings. The first-order valence-electron chi connectivity index (χ1n) is 14.0. The third-order valence-corrected chi connectivity index (χ3v) is 10.3. The van der Waals surface area contributed by atoms with Crippen LogP contribution in [0, 0.1) is 23.7 Å². The molecule has 8 atom stereocenters. The number of primary amides is 1. The number of nitrogens with zero attached hydrogens (tertiary/aromatic N) is 2. The molecule has 2 aromatic carbocycles. The summed E-state index contributed by atoms with van der Waals surface area (Å²) in [5.41, 5.74) is 3.55. The van der Waals surface area contributed by atoms with Gasteiger partial charge in [0.25, 0.3) is 0 Å². The van der Waals surface area contributed by atoms with Crippen molar-refractivity contribution >= 4 is 51.2 Å². The van der Waals surface area contributed by atoms with Crippen LogP contribution in [-0.4, -0.2) is 86.1 Å². The molecule has 0 saturated heterocycles. The molecule has 1 amide bonds. The second-order valence-electron chi connectivity index (χ2n) is 11.8. The first-order chi connectivity index (χ1) is 20.8. The van der Waals surface area contributed by atoms with E-state index in [0.717, 1.165) is 10.4 Å². The highest BCUT2D eigenvalue weighted by molar-refractivity contribution is 7.19. The fourth-order valence-electron chi connectivity index (χ4n) is 7.27. The zero-order valence-electron chi connectivity index (χ0n) is 23.9. The molecule has 0 radical (unpaired) electrons. The van der Waals surface area contributed by atoms with E-state index in [1.165, 1.54) is 30.3 Å². The molecule has 1 heterocycles. The highest BCUT2D eigenvalue weighted by Gasteiger charge is 2.72. The van der Waals surface area contributed by atoms with E-state index < -0.39 is 82.1 Å². The van der Waals surface area contributed by atoms with Crippen LogP contribution in [-0.2, 0) is 19.2 Å². The number of likely N-dealkylation sites (N-methyl/N-ethyl adjacent to an activating group) is 1. The molecule has 12 nitrogen and oxygen atoms in total. The van der Waals surface area contributed by atoms with Gasteiger partial charge in [0.15, 0.2) is 39.8 Å². The Labute approximate surface area is 255 Å². The minimum atomic E-state index is -3.05. The van der Waals surface area contributed by atoms with Crippen LogP contribution in [0.4, 0.5) is 10.8 Å². The number of carbonyl (C=O) groups excluding carboxylic acids is 5. The minimum Gasteiger partial charge on any atom is -0.505 e. The number of aliphatic hydroxyl groups is 2. The van der Waals surface area contributed by atoms with Crippen LogP contribution in [0.5, 0.6) is 5.75 Å². The molecule has 6 rings (SSSR count). The van der Waals surface area contributed by atoms with Crippen molar-refractivity contribution < 1.29 is 39.3 Å². The topological polar surface area (TPSA) is 200 Å². The summed E-state index contributed by atoms with van der Waals surface area (Å²) in [5, 5.41) is 38.3. The Morgan fingerprint density at radius 3 is 2.39 bits per heavy atom. The fourth-order valence-corrected chi connectivity index (χ4v) is 8.11. The largest absolute Gasteiger partial charge is 0.505 e. The number of hydrogen-bond acceptors (Lipinski definition) is 12. The van der Waals surface area contributed by atoms with E-state index in [4.69, 9.17) is 5.73 Å². The number of hydrogen-bond donors (Lipinski definition) is 5. The van der Waals surface area contributed by atoms with E-state index in [1.54, 1.807) is 25.3 Å². The van der Waals surface area contributed by atoms with E-state index >= 15 is 0 Å². The van der Waals surface area contributed by atoms with Gasteiger partial charge in [0, 0.05) is 12.1 Å². The Morgan fingerprint density at radius 1 is 1.07 bits per heavy atom. The summed E-state index contributed by atoms with van der Waals surface area (Å²) in [4.78, 5) is 73.7. The minimum absolute atomic E-state index is 0.137. The number of Topliss-reactive ketones (excluding diaryl/α,β-unsaturated/α-hetero) is 4. The van der Waals surface area contributed by atoms with Crippen molar-refractivity contribution in [1.29, 1.82) is 0 Å². The average molecular weight is 619 g/mol. The Bertz CT molecular complexity index is 1740. The van der Waals surface area contributed by atoms with Gasteiger partial charge >= 0.3 is 0 Å². The zero-order valence-corrected chi connectivity index (χ0v) is 24.7. The van der Waals surface area contributed by atoms with Gasteiger partial charge in [-0.3, -0.25) is 28.9 Å². The van der Waals surface area contributed by atoms with Crippen LogP contribution < -0.4 is 11.1 Å². The Hall–Kier alpha value is -4.30. The molecule has 2 saturated carbocycles. The summed E-state index contributed by atoms with van der Waals surface area (Å²) in [7, 11) is 2.89. The summed E-state index contributed by atoms with van der Waals surface area (Å²) in [6, 6.07) is 11.3. The summed E-state index contributed by atoms with van der Waals surface area (Å²) >= 11 is 1.32. The molecule has 3 aliphatic carbocycles. The number of benzene rings is 2. The molecule has 3 aliphatic rings. The van der Waals surface area contributed by atoms with E-state index in [1.807, 2.05) is 30.3 Å². The number of amides is 1. The van der Waals surface area contributed by atoms with Gasteiger partial charge in [-0.2, -0.15) is 0 Å². The van der Waals surface area contributed by atoms with Crippen molar-refractivity contribution in [2.45, 2.75) is 30.6 Å². The highest BCUT2D eigenvalue weighted by Crippen LogP contribution is 2.55. The molecule has 13 heteroatoms. The molecule has 228 valence electrons. The van der Waals surface area contributed by atoms with Crippen molar-refractivity contribution in [3.8, 4) is 16.2 Å². The molecule has 6 N–H and O–H groups in total. The first-order valence-corrected chi connectivity index (χ1v) is 14.8. The molecule has 0 spiro atoms. The molecule has 2 fully saturated rings. The second-order valence-corrected chi connectivity index (χ2v) is 12.8. The number of ketones is 4. The standard InChI is InChI=1S/C31H30N4O8S/c1-12-14-9-10-15(34-30-33-11-16(44-30)13-7-5-4-6-8-13)23(36)18(14)24(37)19-17(12)25(38)21-22(35(2)3)26(39)20(29(32)42)28(41)31(21,43)27(19)40/h4-12,17,19-22,25,36,38,43H,1-3H3,(H2,32,42)(H,33,34). The van der Waals surface area contributed by atoms with Gasteiger partial charge in [0.2, 0.25) is 5.91 Å². The van der Waals surface area contributed by atoms with Gasteiger partial charge in [-0.1, -0.05) is 54.7 Å². The lowest BCUT2D eigenvalue weighted by Gasteiger charge is -2.56. The van der Waals surface area contributed by atoms with Crippen LogP contribution in [0.2, 0.25) is 0 Å². The van der Waals surface area contributed by atoms with Crippen LogP contribution in [0.3, 0.4) is 0 Å². The smallest absolute Gasteiger partial charge is 0.235 e. The number of carbonyl (C=O) groups is 5. The number of nitrogens with one attached hydrogen (secondary N) is 1. The number of fused-ring (bicyclic) bond motifs is 3. The number of aromatic hydroxyl groups is 1. The van der Waals surface area contributed by atoms with Gasteiger partial charge in [-0.15, -0.1) is 0 Å². The van der Waals surface area contributed by atoms with Crippen molar-refractivity contribution in [3.05, 3.63) is 59.8 Å². The maximum Gasteiger partial charge on any atom is 0.235 e. The summed E-state index contributed by atoms with van der Waals surface area (Å²) in [5.74, 6) is -13.7. The Kier molecular flexibility index (Phi) is 7.04. The Morgan fingerprint density at radius 2 is 1.75 bits per heavy atom. The molecular weight excluding hydrogens is 588 g/mol. The van der Waals surface area contributed by atoms with E-state index in [9.17, 15) is 39.3 Å². The lowest BCUT2D eigenvalue weighted by molar-refractivity contribution is -0.196. The van der Waals surface area contributed by atoms with Crippen molar-refractivity contribution in [1.82, 2.24) is 9.88 Å². The number of rotatable bonds is 5. The molecule has 8 unspecified atom stereocenters. The van der Waals surface area contributed by atoms with Crippen molar-refractivity contribution in [3.63, 3.8) is 0 Å². The second kappa shape index (κ2) is 10.4. The normalized spacial score (nSPS) is 31.4. The van der Waals surface area contributed by atoms with E-state index in [-0.39, 0.29) is 11.3 Å². The van der Waals surface area contributed by atoms with Crippen LogP contribution in [0.15, 0.2) is 48.7 Å². The lowest BCUT2D eigenvalue weighted by Crippen LogP contribution is -2.77. The number of aliphatic hydroxyl groups excluding tert-OH is 1. The van der Waals surface area contributed by atoms with E-state index in [2.05, 4.69) is 10.3 Å². The summed E-state index contributed by atoms with van der Waals surface area (Å²) in [6.45, 7) is 1.66. The number of nitrogens with two attached hydrogens (primary N) is 1. The number of anilines is 2. The van der Waals surface area contributed by atoms with Gasteiger partial charge in [0.1, 0.15) is 5.75 Å². The number of aromatic nitrogens is 1. The number of phenolic OH excluding ortho intramolecular Hbond substituents is 1. The molecule has 44 heavy (non-hydrogen) atoms. The SMILES string of the molecule is CC1c2ccc(Nc3ncc(-c4ccccc4)s3)c(O)c2C(=O)C2C(=O)C3(O)C(=O)C(C(N)=O)C(=O)C(N(C)C)C3C(O)C21. The van der Waals surface area contributed by atoms with Crippen molar-refractivity contribution in [2.75, 3.05) is 19.4 Å². The third kappa shape index (κ3) is 4.07. The van der Waals surface area contributed by atoms with Gasteiger partial charge in [-0.05, 0) is 37.2 Å². The van der Waals surface area contributed by atoms with Crippen molar-refractivity contribution in [2.24, 2.45) is 29.4 Å². The maximum absolute atomic E-state index is 14.1. The van der Waals surface area contributed by atoms with Crippen LogP contribution in [0.25, 0.3) is 10.4 Å². The summed E-state index contributed by atoms with van der Waals surface area (Å²) < 4.78 is 0. The average Bonchev–Trinajstić information content (AvgIpc) is 3.45. The maximum atomic E-state index is 14.1. The number of phenols is 1. The quantitative estimate of drug-likeness (QED) is 0.204. The van der Waals surface area contributed by atoms with Crippen LogP contribution >= 0.6 is 11.3 Å². The van der Waals surface area contributed by atoms with Gasteiger partial charge in [-0.25, -0.2) is 4.98 Å². The summed E-state index contributed by atoms with van der Waals surface area (Å²) in [6.07, 6.45) is -0.0169. The third-order valence-electron chi connectivity index (χ3n) is 9.30. The molecule has 1 aromatic heterocycles. The highest BCUT2D eigenvalue weighted by atomic mass is 32.1. The molecular formula is C31H30N4O8S. The monoisotopic (exact) mass is 618 g/mol. The molecule has 0 bridgehead atoms. The fraction of sp³-hybridized carbons (Fsp3) is 0.355. The number of thiazole rings is 1. The van der Waals surface area contributed by atoms with Gasteiger partial charge in [0.05, 0.1) is 40.1 Å². The Balaban J connectivity index is 1.41. The predicted molar refractivity (Wildman–Crippen MR) is 158 cm³/mol. The van der Waals surface area contributed by atoms with Gasteiger partial charge < -0.3 is 26.4 Å². The van der Waals surface area contributed by atoms with E-state index in [0.29, 0.717) is 10.7 Å². The first kappa shape index (κ1) is 29.8. The lowest BCUT2D eigenvalue weighted by atomic mass is 9.49. The zero-order chi connectivity index (χ0) is 31.8.